The smallest absolute Gasteiger partial charge is 0.412 e. The van der Waals surface area contributed by atoms with Crippen LogP contribution in [-0.4, -0.2) is 22.4 Å². The summed E-state index contributed by atoms with van der Waals surface area (Å²) in [5.74, 6) is 0. The van der Waals surface area contributed by atoms with Gasteiger partial charge < -0.3 is 9.84 Å². The fourth-order valence-electron chi connectivity index (χ4n) is 2.00. The summed E-state index contributed by atoms with van der Waals surface area (Å²) in [6.45, 7) is 5.50. The van der Waals surface area contributed by atoms with Crippen molar-refractivity contribution in [2.75, 3.05) is 5.32 Å². The highest BCUT2D eigenvalue weighted by atomic mass is 16.6. The SMILES string of the molecule is CC(C)(C)OC(=O)Nc1cccc(CCC2(O)CC2)c1. The minimum atomic E-state index is -0.503. The third-order valence-corrected chi connectivity index (χ3v) is 3.28. The van der Waals surface area contributed by atoms with Crippen LogP contribution in [-0.2, 0) is 11.2 Å². The van der Waals surface area contributed by atoms with Gasteiger partial charge >= 0.3 is 6.09 Å². The summed E-state index contributed by atoms with van der Waals surface area (Å²) < 4.78 is 5.22. The van der Waals surface area contributed by atoms with E-state index < -0.39 is 17.3 Å². The average molecular weight is 277 g/mol. The third-order valence-electron chi connectivity index (χ3n) is 3.28. The first-order valence-corrected chi connectivity index (χ1v) is 7.07. The minimum absolute atomic E-state index is 0.436. The summed E-state index contributed by atoms with van der Waals surface area (Å²) >= 11 is 0. The average Bonchev–Trinajstić information content (AvgIpc) is 3.03. The Morgan fingerprint density at radius 3 is 2.70 bits per heavy atom. The zero-order valence-corrected chi connectivity index (χ0v) is 12.4. The molecule has 1 saturated carbocycles. The van der Waals surface area contributed by atoms with E-state index in [1.165, 1.54) is 0 Å². The van der Waals surface area contributed by atoms with Crippen LogP contribution in [0.3, 0.4) is 0 Å². The van der Waals surface area contributed by atoms with Gasteiger partial charge in [-0.2, -0.15) is 0 Å². The fraction of sp³-hybridized carbons (Fsp3) is 0.562. The molecule has 4 nitrogen and oxygen atoms in total. The Morgan fingerprint density at radius 2 is 2.10 bits per heavy atom. The van der Waals surface area contributed by atoms with Gasteiger partial charge in [-0.1, -0.05) is 12.1 Å². The molecule has 2 rings (SSSR count). The van der Waals surface area contributed by atoms with E-state index in [9.17, 15) is 9.90 Å². The van der Waals surface area contributed by atoms with E-state index in [2.05, 4.69) is 5.32 Å². The first-order chi connectivity index (χ1) is 9.26. The molecule has 0 saturated heterocycles. The highest BCUT2D eigenvalue weighted by Crippen LogP contribution is 2.39. The van der Waals surface area contributed by atoms with Gasteiger partial charge in [0.25, 0.3) is 0 Å². The van der Waals surface area contributed by atoms with Crippen LogP contribution in [0.1, 0.15) is 45.6 Å². The van der Waals surface area contributed by atoms with E-state index in [1.807, 2.05) is 45.0 Å². The van der Waals surface area contributed by atoms with Crippen LogP contribution >= 0.6 is 0 Å². The minimum Gasteiger partial charge on any atom is -0.444 e. The Bertz CT molecular complexity index is 487. The van der Waals surface area contributed by atoms with Crippen LogP contribution in [0.5, 0.6) is 0 Å². The predicted molar refractivity (Wildman–Crippen MR) is 78.8 cm³/mol. The molecule has 0 heterocycles. The molecule has 1 aromatic rings. The van der Waals surface area contributed by atoms with Gasteiger partial charge in [0.05, 0.1) is 5.60 Å². The van der Waals surface area contributed by atoms with Gasteiger partial charge in [0.1, 0.15) is 5.60 Å². The second-order valence-corrected chi connectivity index (χ2v) is 6.55. The first-order valence-electron chi connectivity index (χ1n) is 7.07. The van der Waals surface area contributed by atoms with Crippen LogP contribution in [0.25, 0.3) is 0 Å². The molecule has 0 aliphatic heterocycles. The van der Waals surface area contributed by atoms with Crippen LogP contribution in [0.2, 0.25) is 0 Å². The van der Waals surface area contributed by atoms with E-state index >= 15 is 0 Å². The molecule has 0 radical (unpaired) electrons. The Balaban J connectivity index is 1.90. The first kappa shape index (κ1) is 14.9. The van der Waals surface area contributed by atoms with E-state index in [0.29, 0.717) is 0 Å². The molecule has 1 aliphatic rings. The quantitative estimate of drug-likeness (QED) is 0.885. The Labute approximate surface area is 120 Å². The van der Waals surface area contributed by atoms with Crippen molar-refractivity contribution >= 4 is 11.8 Å². The number of aryl methyl sites for hydroxylation is 1. The zero-order chi connectivity index (χ0) is 14.8. The summed E-state index contributed by atoms with van der Waals surface area (Å²) in [6.07, 6.45) is 2.96. The number of nitrogens with one attached hydrogen (secondary N) is 1. The van der Waals surface area contributed by atoms with Gasteiger partial charge in [-0.25, -0.2) is 4.79 Å². The molecule has 1 fully saturated rings. The van der Waals surface area contributed by atoms with Gasteiger partial charge in [0, 0.05) is 5.69 Å². The van der Waals surface area contributed by atoms with Crippen LogP contribution < -0.4 is 5.32 Å². The number of carbonyl (C=O) groups is 1. The number of hydrogen-bond donors (Lipinski definition) is 2. The highest BCUT2D eigenvalue weighted by Gasteiger charge is 2.39. The Hall–Kier alpha value is -1.55. The predicted octanol–water partition coefficient (Wildman–Crippen LogP) is 3.49. The third kappa shape index (κ3) is 4.85. The lowest BCUT2D eigenvalue weighted by atomic mass is 10.1. The summed E-state index contributed by atoms with van der Waals surface area (Å²) in [6, 6.07) is 7.67. The molecule has 0 bridgehead atoms. The molecule has 110 valence electrons. The van der Waals surface area contributed by atoms with E-state index in [4.69, 9.17) is 4.74 Å². The standard InChI is InChI=1S/C16H23NO3/c1-15(2,3)20-14(18)17-13-6-4-5-12(11-13)7-8-16(19)9-10-16/h4-6,11,19H,7-10H2,1-3H3,(H,17,18). The summed E-state index contributed by atoms with van der Waals surface area (Å²) in [5.41, 5.74) is 0.893. The lowest BCUT2D eigenvalue weighted by molar-refractivity contribution is 0.0636. The van der Waals surface area contributed by atoms with Crippen molar-refractivity contribution in [3.05, 3.63) is 29.8 Å². The molecule has 1 aromatic carbocycles. The molecule has 0 atom stereocenters. The van der Waals surface area contributed by atoms with Gasteiger partial charge in [-0.15, -0.1) is 0 Å². The normalized spacial score (nSPS) is 16.6. The number of benzene rings is 1. The van der Waals surface area contributed by atoms with E-state index in [-0.39, 0.29) is 0 Å². The zero-order valence-electron chi connectivity index (χ0n) is 12.4. The summed E-state index contributed by atoms with van der Waals surface area (Å²) in [7, 11) is 0. The number of anilines is 1. The summed E-state index contributed by atoms with van der Waals surface area (Å²) in [4.78, 5) is 11.7. The van der Waals surface area contributed by atoms with Crippen molar-refractivity contribution in [1.29, 1.82) is 0 Å². The molecule has 4 heteroatoms. The maximum atomic E-state index is 11.7. The van der Waals surface area contributed by atoms with Gasteiger partial charge in [0.15, 0.2) is 0 Å². The molecule has 1 amide bonds. The number of ether oxygens (including phenoxy) is 1. The molecule has 0 spiro atoms. The van der Waals surface area contributed by atoms with Crippen molar-refractivity contribution in [3.63, 3.8) is 0 Å². The van der Waals surface area contributed by atoms with E-state index in [1.54, 1.807) is 0 Å². The molecule has 20 heavy (non-hydrogen) atoms. The molecule has 1 aliphatic carbocycles. The van der Waals surface area contributed by atoms with Crippen molar-refractivity contribution in [2.45, 2.75) is 57.7 Å². The maximum absolute atomic E-state index is 11.7. The van der Waals surface area contributed by atoms with Gasteiger partial charge in [0.2, 0.25) is 0 Å². The topological polar surface area (TPSA) is 58.6 Å². The van der Waals surface area contributed by atoms with Crippen LogP contribution in [0, 0.1) is 0 Å². The number of aliphatic hydroxyl groups is 1. The number of carbonyl (C=O) groups excluding carboxylic acids is 1. The molecule has 0 unspecified atom stereocenters. The van der Waals surface area contributed by atoms with Crippen LogP contribution in [0.15, 0.2) is 24.3 Å². The summed E-state index contributed by atoms with van der Waals surface area (Å²) in [5, 5.41) is 12.6. The molecular formula is C16H23NO3. The lowest BCUT2D eigenvalue weighted by Crippen LogP contribution is -2.27. The lowest BCUT2D eigenvalue weighted by Gasteiger charge is -2.19. The Kier molecular flexibility index (Phi) is 4.04. The van der Waals surface area contributed by atoms with Crippen LogP contribution in [0.4, 0.5) is 10.5 Å². The van der Waals surface area contributed by atoms with Crippen molar-refractivity contribution in [2.24, 2.45) is 0 Å². The second kappa shape index (κ2) is 5.44. The highest BCUT2D eigenvalue weighted by molar-refractivity contribution is 5.84. The van der Waals surface area contributed by atoms with Crippen molar-refractivity contribution in [3.8, 4) is 0 Å². The van der Waals surface area contributed by atoms with Crippen molar-refractivity contribution < 1.29 is 14.6 Å². The second-order valence-electron chi connectivity index (χ2n) is 6.55. The molecular weight excluding hydrogens is 254 g/mol. The van der Waals surface area contributed by atoms with E-state index in [0.717, 1.165) is 36.9 Å². The largest absolute Gasteiger partial charge is 0.444 e. The Morgan fingerprint density at radius 1 is 1.40 bits per heavy atom. The number of rotatable bonds is 4. The monoisotopic (exact) mass is 277 g/mol. The molecule has 2 N–H and O–H groups in total. The number of hydrogen-bond acceptors (Lipinski definition) is 3. The fourth-order valence-corrected chi connectivity index (χ4v) is 2.00. The number of amides is 1. The van der Waals surface area contributed by atoms with Crippen molar-refractivity contribution in [1.82, 2.24) is 0 Å². The van der Waals surface area contributed by atoms with Gasteiger partial charge in [-0.3, -0.25) is 5.32 Å². The van der Waals surface area contributed by atoms with Gasteiger partial charge in [-0.05, 0) is 64.2 Å². The molecule has 0 aromatic heterocycles. The maximum Gasteiger partial charge on any atom is 0.412 e.